The van der Waals surface area contributed by atoms with Gasteiger partial charge in [0, 0.05) is 12.8 Å². The summed E-state index contributed by atoms with van der Waals surface area (Å²) < 4.78 is 5.60. The van der Waals surface area contributed by atoms with Gasteiger partial charge < -0.3 is 9.84 Å². The lowest BCUT2D eigenvalue weighted by atomic mass is 10.1. The molecule has 1 saturated heterocycles. The van der Waals surface area contributed by atoms with Crippen molar-refractivity contribution in [2.24, 2.45) is 0 Å². The van der Waals surface area contributed by atoms with Gasteiger partial charge in [-0.15, -0.1) is 11.8 Å². The molecule has 1 aliphatic heterocycles. The predicted octanol–water partition coefficient (Wildman–Crippen LogP) is 2.89. The average Bonchev–Trinajstić information content (AvgIpc) is 2.76. The summed E-state index contributed by atoms with van der Waals surface area (Å²) in [4.78, 5) is 0. The predicted molar refractivity (Wildman–Crippen MR) is 66.1 cm³/mol. The molecule has 0 aliphatic carbocycles. The molecule has 92 valence electrons. The molecule has 2 atom stereocenters. The van der Waals surface area contributed by atoms with E-state index in [0.29, 0.717) is 0 Å². The summed E-state index contributed by atoms with van der Waals surface area (Å²) in [5.74, 6) is 6.40. The van der Waals surface area contributed by atoms with Gasteiger partial charge in [-0.2, -0.15) is 0 Å². The van der Waals surface area contributed by atoms with Crippen LogP contribution in [0.3, 0.4) is 0 Å². The Balaban J connectivity index is 2.00. The fourth-order valence-electron chi connectivity index (χ4n) is 1.98. The van der Waals surface area contributed by atoms with Gasteiger partial charge in [0.2, 0.25) is 0 Å². The number of hydrogen-bond donors (Lipinski definition) is 1. The molecule has 0 amide bonds. The maximum Gasteiger partial charge on any atom is 0.0810 e. The maximum atomic E-state index is 8.91. The van der Waals surface area contributed by atoms with Crippen LogP contribution < -0.4 is 0 Å². The number of unbranched alkanes of at least 4 members (excludes halogenated alkanes) is 4. The van der Waals surface area contributed by atoms with Crippen molar-refractivity contribution in [2.45, 2.75) is 70.5 Å². The monoisotopic (exact) mass is 224 g/mol. The minimum Gasteiger partial charge on any atom is -0.394 e. The first-order valence-corrected chi connectivity index (χ1v) is 6.58. The van der Waals surface area contributed by atoms with Gasteiger partial charge in [-0.1, -0.05) is 26.2 Å². The Labute approximate surface area is 99.4 Å². The molecular formula is C14H24O2. The maximum absolute atomic E-state index is 8.91. The van der Waals surface area contributed by atoms with Crippen molar-refractivity contribution < 1.29 is 9.84 Å². The number of aliphatic hydroxyl groups excluding tert-OH is 1. The Morgan fingerprint density at radius 3 is 2.62 bits per heavy atom. The quantitative estimate of drug-likeness (QED) is 0.555. The number of hydrogen-bond acceptors (Lipinski definition) is 2. The zero-order valence-electron chi connectivity index (χ0n) is 10.4. The van der Waals surface area contributed by atoms with Crippen LogP contribution in [-0.4, -0.2) is 23.9 Å². The van der Waals surface area contributed by atoms with Crippen molar-refractivity contribution in [3.8, 4) is 11.8 Å². The Kier molecular flexibility index (Phi) is 7.29. The topological polar surface area (TPSA) is 29.5 Å². The molecular weight excluding hydrogens is 200 g/mol. The zero-order chi connectivity index (χ0) is 11.6. The minimum absolute atomic E-state index is 0.0661. The summed E-state index contributed by atoms with van der Waals surface area (Å²) in [5.41, 5.74) is 0. The second-order valence-electron chi connectivity index (χ2n) is 4.51. The molecule has 16 heavy (non-hydrogen) atoms. The molecule has 1 heterocycles. The van der Waals surface area contributed by atoms with Crippen molar-refractivity contribution in [1.29, 1.82) is 0 Å². The highest BCUT2D eigenvalue weighted by Gasteiger charge is 2.23. The average molecular weight is 224 g/mol. The van der Waals surface area contributed by atoms with Crippen molar-refractivity contribution in [3.63, 3.8) is 0 Å². The highest BCUT2D eigenvalue weighted by atomic mass is 16.5. The van der Waals surface area contributed by atoms with Gasteiger partial charge >= 0.3 is 0 Å². The van der Waals surface area contributed by atoms with Crippen LogP contribution in [0.15, 0.2) is 0 Å². The molecule has 0 aromatic carbocycles. The molecule has 0 aromatic heterocycles. The summed E-state index contributed by atoms with van der Waals surface area (Å²) in [6.07, 6.45) is 9.37. The summed E-state index contributed by atoms with van der Waals surface area (Å²) >= 11 is 0. The summed E-state index contributed by atoms with van der Waals surface area (Å²) in [5, 5.41) is 8.91. The summed E-state index contributed by atoms with van der Waals surface area (Å²) in [6, 6.07) is 0. The first kappa shape index (κ1) is 13.5. The van der Waals surface area contributed by atoms with E-state index >= 15 is 0 Å². The Morgan fingerprint density at radius 2 is 1.94 bits per heavy atom. The molecule has 0 aromatic rings. The molecule has 1 N–H and O–H groups in total. The normalized spacial score (nSPS) is 24.1. The van der Waals surface area contributed by atoms with Gasteiger partial charge in [-0.25, -0.2) is 0 Å². The first-order chi connectivity index (χ1) is 7.86. The number of aliphatic hydroxyl groups is 1. The van der Waals surface area contributed by atoms with Gasteiger partial charge in [0.1, 0.15) is 0 Å². The van der Waals surface area contributed by atoms with Gasteiger partial charge in [0.25, 0.3) is 0 Å². The lowest BCUT2D eigenvalue weighted by Crippen LogP contribution is -2.13. The standard InChI is InChI=1S/C14H24O2/c1-2-3-4-5-6-7-8-9-13-10-11-14(12-15)16-13/h13-15H,2-6,9-12H2,1H3/t13-,14+/m1/s1. The van der Waals surface area contributed by atoms with E-state index in [0.717, 1.165) is 25.7 Å². The van der Waals surface area contributed by atoms with Crippen LogP contribution in [0.1, 0.15) is 58.3 Å². The van der Waals surface area contributed by atoms with Crippen LogP contribution in [-0.2, 0) is 4.74 Å². The molecule has 1 rings (SSSR count). The van der Waals surface area contributed by atoms with Crippen LogP contribution >= 0.6 is 0 Å². The third-order valence-electron chi connectivity index (χ3n) is 3.01. The zero-order valence-corrected chi connectivity index (χ0v) is 10.4. The Morgan fingerprint density at radius 1 is 1.12 bits per heavy atom. The molecule has 2 heteroatoms. The van der Waals surface area contributed by atoms with E-state index in [1.807, 2.05) is 0 Å². The fourth-order valence-corrected chi connectivity index (χ4v) is 1.98. The van der Waals surface area contributed by atoms with Crippen LogP contribution in [0.2, 0.25) is 0 Å². The second kappa shape index (κ2) is 8.61. The molecule has 1 fully saturated rings. The summed E-state index contributed by atoms with van der Waals surface area (Å²) in [6.45, 7) is 2.38. The number of ether oxygens (including phenoxy) is 1. The van der Waals surface area contributed by atoms with Crippen LogP contribution in [0.4, 0.5) is 0 Å². The molecule has 0 spiro atoms. The molecule has 0 saturated carbocycles. The third-order valence-corrected chi connectivity index (χ3v) is 3.01. The van der Waals surface area contributed by atoms with E-state index < -0.39 is 0 Å². The van der Waals surface area contributed by atoms with Gasteiger partial charge in [-0.05, 0) is 19.3 Å². The van der Waals surface area contributed by atoms with Crippen LogP contribution in [0, 0.1) is 11.8 Å². The third kappa shape index (κ3) is 5.53. The SMILES string of the molecule is CCCCCCC#CC[C@@H]1CC[C@@H](CO)O1. The van der Waals surface area contributed by atoms with Crippen molar-refractivity contribution in [2.75, 3.05) is 6.61 Å². The highest BCUT2D eigenvalue weighted by Crippen LogP contribution is 2.21. The highest BCUT2D eigenvalue weighted by molar-refractivity contribution is 5.01. The fraction of sp³-hybridized carbons (Fsp3) is 0.857. The van der Waals surface area contributed by atoms with Crippen molar-refractivity contribution in [3.05, 3.63) is 0 Å². The van der Waals surface area contributed by atoms with E-state index in [1.54, 1.807) is 0 Å². The van der Waals surface area contributed by atoms with E-state index in [9.17, 15) is 0 Å². The summed E-state index contributed by atoms with van der Waals surface area (Å²) in [7, 11) is 0. The Hall–Kier alpha value is -0.520. The van der Waals surface area contributed by atoms with E-state index in [-0.39, 0.29) is 18.8 Å². The molecule has 2 nitrogen and oxygen atoms in total. The van der Waals surface area contributed by atoms with Crippen molar-refractivity contribution >= 4 is 0 Å². The van der Waals surface area contributed by atoms with Gasteiger partial charge in [-0.3, -0.25) is 0 Å². The van der Waals surface area contributed by atoms with Crippen molar-refractivity contribution in [1.82, 2.24) is 0 Å². The largest absolute Gasteiger partial charge is 0.394 e. The molecule has 0 bridgehead atoms. The molecule has 0 unspecified atom stereocenters. The Bertz CT molecular complexity index is 227. The first-order valence-electron chi connectivity index (χ1n) is 6.58. The molecule has 1 aliphatic rings. The molecule has 0 radical (unpaired) electrons. The smallest absolute Gasteiger partial charge is 0.0810 e. The van der Waals surface area contributed by atoms with E-state index in [1.165, 1.54) is 25.7 Å². The second-order valence-corrected chi connectivity index (χ2v) is 4.51. The minimum atomic E-state index is 0.0661. The number of rotatable bonds is 6. The lowest BCUT2D eigenvalue weighted by molar-refractivity contribution is 0.0142. The van der Waals surface area contributed by atoms with Gasteiger partial charge in [0.15, 0.2) is 0 Å². The van der Waals surface area contributed by atoms with Crippen LogP contribution in [0.25, 0.3) is 0 Å². The van der Waals surface area contributed by atoms with Crippen LogP contribution in [0.5, 0.6) is 0 Å². The van der Waals surface area contributed by atoms with E-state index in [2.05, 4.69) is 18.8 Å². The van der Waals surface area contributed by atoms with E-state index in [4.69, 9.17) is 9.84 Å². The van der Waals surface area contributed by atoms with Gasteiger partial charge in [0.05, 0.1) is 18.8 Å². The lowest BCUT2D eigenvalue weighted by Gasteiger charge is -2.08.